The zero-order chi connectivity index (χ0) is 16.0. The predicted molar refractivity (Wildman–Crippen MR) is 87.2 cm³/mol. The first-order valence-corrected chi connectivity index (χ1v) is 6.79. The van der Waals surface area contributed by atoms with Gasteiger partial charge in [-0.3, -0.25) is 14.5 Å². The second kappa shape index (κ2) is 7.70. The number of thiocarbonyl (C=S) groups is 1. The van der Waals surface area contributed by atoms with Gasteiger partial charge in [0, 0.05) is 25.3 Å². The molecule has 6 nitrogen and oxygen atoms in total. The van der Waals surface area contributed by atoms with Gasteiger partial charge in [-0.1, -0.05) is 24.4 Å². The van der Waals surface area contributed by atoms with Crippen LogP contribution in [0.1, 0.15) is 5.56 Å². The van der Waals surface area contributed by atoms with Crippen molar-refractivity contribution in [2.75, 3.05) is 39.5 Å². The molecule has 1 aromatic rings. The van der Waals surface area contributed by atoms with Gasteiger partial charge >= 0.3 is 0 Å². The summed E-state index contributed by atoms with van der Waals surface area (Å²) >= 11 is 4.89. The van der Waals surface area contributed by atoms with Crippen LogP contribution >= 0.6 is 12.2 Å². The number of benzene rings is 1. The van der Waals surface area contributed by atoms with Crippen LogP contribution in [0.2, 0.25) is 0 Å². The van der Waals surface area contributed by atoms with E-state index >= 15 is 0 Å². The fourth-order valence-electron chi connectivity index (χ4n) is 1.62. The molecule has 0 saturated carbocycles. The average Bonchev–Trinajstić information content (AvgIpc) is 2.38. The van der Waals surface area contributed by atoms with Crippen molar-refractivity contribution in [3.63, 3.8) is 0 Å². The van der Waals surface area contributed by atoms with Crippen LogP contribution in [-0.2, 0) is 9.59 Å². The van der Waals surface area contributed by atoms with E-state index < -0.39 is 0 Å². The summed E-state index contributed by atoms with van der Waals surface area (Å²) in [5, 5.41) is 2.75. The fourth-order valence-corrected chi connectivity index (χ4v) is 1.75. The Hall–Kier alpha value is -1.99. The average molecular weight is 308 g/mol. The highest BCUT2D eigenvalue weighted by Crippen LogP contribution is 2.10. The second-order valence-electron chi connectivity index (χ2n) is 4.95. The van der Waals surface area contributed by atoms with E-state index in [-0.39, 0.29) is 29.9 Å². The Morgan fingerprint density at radius 1 is 1.24 bits per heavy atom. The van der Waals surface area contributed by atoms with Gasteiger partial charge in [-0.2, -0.15) is 0 Å². The Labute approximate surface area is 129 Å². The lowest BCUT2D eigenvalue weighted by atomic mass is 10.2. The number of hydrogen-bond donors (Lipinski definition) is 2. The highest BCUT2D eigenvalue weighted by molar-refractivity contribution is 7.80. The number of carbonyl (C=O) groups excluding carboxylic acids is 2. The lowest BCUT2D eigenvalue weighted by molar-refractivity contribution is -0.130. The number of carbonyl (C=O) groups is 2. The lowest BCUT2D eigenvalue weighted by Crippen LogP contribution is -2.38. The maximum Gasteiger partial charge on any atom is 0.238 e. The molecule has 0 unspecified atom stereocenters. The van der Waals surface area contributed by atoms with Gasteiger partial charge < -0.3 is 16.0 Å². The van der Waals surface area contributed by atoms with Gasteiger partial charge in [0.05, 0.1) is 13.1 Å². The van der Waals surface area contributed by atoms with Crippen LogP contribution in [0.3, 0.4) is 0 Å². The number of nitrogens with zero attached hydrogens (tertiary/aromatic N) is 2. The van der Waals surface area contributed by atoms with Gasteiger partial charge in [0.25, 0.3) is 0 Å². The fraction of sp³-hybridized carbons (Fsp3) is 0.357. The van der Waals surface area contributed by atoms with E-state index in [0.29, 0.717) is 11.3 Å². The summed E-state index contributed by atoms with van der Waals surface area (Å²) in [6.07, 6.45) is 0. The number of likely N-dealkylation sites (N-methyl/N-ethyl adjacent to an activating group) is 2. The van der Waals surface area contributed by atoms with Crippen LogP contribution in [0.25, 0.3) is 0 Å². The number of nitrogens with one attached hydrogen (secondary N) is 1. The van der Waals surface area contributed by atoms with Gasteiger partial charge in [0.1, 0.15) is 4.99 Å². The van der Waals surface area contributed by atoms with Crippen LogP contribution < -0.4 is 11.1 Å². The Morgan fingerprint density at radius 3 is 2.48 bits per heavy atom. The maximum absolute atomic E-state index is 11.9. The molecule has 0 bridgehead atoms. The third-order valence-electron chi connectivity index (χ3n) is 2.75. The lowest BCUT2D eigenvalue weighted by Gasteiger charge is -2.18. The quantitative estimate of drug-likeness (QED) is 0.738. The van der Waals surface area contributed by atoms with E-state index in [2.05, 4.69) is 5.32 Å². The number of hydrogen-bond acceptors (Lipinski definition) is 4. The molecule has 1 rings (SSSR count). The van der Waals surface area contributed by atoms with Crippen molar-refractivity contribution in [1.82, 2.24) is 9.80 Å². The smallest absolute Gasteiger partial charge is 0.238 e. The van der Waals surface area contributed by atoms with Crippen molar-refractivity contribution >= 4 is 34.7 Å². The summed E-state index contributed by atoms with van der Waals surface area (Å²) in [4.78, 5) is 26.9. The topological polar surface area (TPSA) is 78.7 Å². The van der Waals surface area contributed by atoms with E-state index in [1.54, 1.807) is 50.3 Å². The van der Waals surface area contributed by atoms with E-state index in [1.807, 2.05) is 0 Å². The molecule has 0 aliphatic rings. The normalized spacial score (nSPS) is 10.3. The zero-order valence-corrected chi connectivity index (χ0v) is 13.2. The molecule has 0 spiro atoms. The molecular weight excluding hydrogens is 288 g/mol. The zero-order valence-electron chi connectivity index (χ0n) is 12.4. The summed E-state index contributed by atoms with van der Waals surface area (Å²) in [5.74, 6) is -0.259. The van der Waals surface area contributed by atoms with E-state index in [1.165, 1.54) is 4.90 Å². The number of nitrogens with two attached hydrogens (primary N) is 1. The van der Waals surface area contributed by atoms with E-state index in [9.17, 15) is 9.59 Å². The highest BCUT2D eigenvalue weighted by Gasteiger charge is 2.12. The van der Waals surface area contributed by atoms with Gasteiger partial charge in [-0.05, 0) is 19.2 Å². The minimum absolute atomic E-state index is 0.0548. The molecule has 0 saturated heterocycles. The molecule has 0 radical (unpaired) electrons. The number of amides is 2. The van der Waals surface area contributed by atoms with Crippen molar-refractivity contribution < 1.29 is 9.59 Å². The molecule has 0 aliphatic heterocycles. The molecule has 0 atom stereocenters. The van der Waals surface area contributed by atoms with Crippen LogP contribution in [0.15, 0.2) is 24.3 Å². The number of anilines is 1. The van der Waals surface area contributed by atoms with E-state index in [0.717, 1.165) is 0 Å². The molecule has 7 heteroatoms. The predicted octanol–water partition coefficient (Wildman–Crippen LogP) is 0.279. The van der Waals surface area contributed by atoms with Gasteiger partial charge in [0.15, 0.2) is 0 Å². The molecule has 21 heavy (non-hydrogen) atoms. The largest absolute Gasteiger partial charge is 0.389 e. The standard InChI is InChI=1S/C14H20N4O2S/c1-17(2)13(20)9-18(3)8-12(19)16-11-6-4-5-10(7-11)14(15)21/h4-7H,8-9H2,1-3H3,(H2,15,21)(H,16,19). The van der Waals surface area contributed by atoms with Crippen molar-refractivity contribution in [2.45, 2.75) is 0 Å². The third-order valence-corrected chi connectivity index (χ3v) is 2.98. The van der Waals surface area contributed by atoms with Crippen molar-refractivity contribution in [3.8, 4) is 0 Å². The summed E-state index contributed by atoms with van der Waals surface area (Å²) in [7, 11) is 5.07. The molecule has 0 aliphatic carbocycles. The van der Waals surface area contributed by atoms with Crippen molar-refractivity contribution in [2.24, 2.45) is 5.73 Å². The first-order chi connectivity index (χ1) is 9.79. The Kier molecular flexibility index (Phi) is 6.26. The Balaban J connectivity index is 2.55. The molecule has 0 aromatic heterocycles. The molecule has 3 N–H and O–H groups in total. The minimum Gasteiger partial charge on any atom is -0.389 e. The first kappa shape index (κ1) is 17.1. The van der Waals surface area contributed by atoms with Crippen LogP contribution in [0.4, 0.5) is 5.69 Å². The van der Waals surface area contributed by atoms with Gasteiger partial charge in [-0.15, -0.1) is 0 Å². The molecule has 1 aromatic carbocycles. The van der Waals surface area contributed by atoms with Gasteiger partial charge in [-0.25, -0.2) is 0 Å². The monoisotopic (exact) mass is 308 g/mol. The molecule has 0 fully saturated rings. The van der Waals surface area contributed by atoms with Crippen LogP contribution in [-0.4, -0.2) is 60.8 Å². The maximum atomic E-state index is 11.9. The summed E-state index contributed by atoms with van der Waals surface area (Å²) in [6.45, 7) is 0.310. The Morgan fingerprint density at radius 2 is 1.90 bits per heavy atom. The Bertz CT molecular complexity index is 546. The van der Waals surface area contributed by atoms with Crippen molar-refractivity contribution in [1.29, 1.82) is 0 Å². The second-order valence-corrected chi connectivity index (χ2v) is 5.39. The molecule has 0 heterocycles. The molecule has 114 valence electrons. The third kappa shape index (κ3) is 5.88. The molecular formula is C14H20N4O2S. The van der Waals surface area contributed by atoms with Crippen LogP contribution in [0, 0.1) is 0 Å². The first-order valence-electron chi connectivity index (χ1n) is 6.38. The molecule has 2 amide bonds. The van der Waals surface area contributed by atoms with Crippen molar-refractivity contribution in [3.05, 3.63) is 29.8 Å². The van der Waals surface area contributed by atoms with E-state index in [4.69, 9.17) is 18.0 Å². The van der Waals surface area contributed by atoms with Gasteiger partial charge in [0.2, 0.25) is 11.8 Å². The SMILES string of the molecule is CN(CC(=O)Nc1cccc(C(N)=S)c1)CC(=O)N(C)C. The highest BCUT2D eigenvalue weighted by atomic mass is 32.1. The van der Waals surface area contributed by atoms with Crippen LogP contribution in [0.5, 0.6) is 0 Å². The minimum atomic E-state index is -0.204. The summed E-state index contributed by atoms with van der Waals surface area (Å²) in [5.41, 5.74) is 6.86. The number of rotatable bonds is 6. The summed E-state index contributed by atoms with van der Waals surface area (Å²) < 4.78 is 0. The summed E-state index contributed by atoms with van der Waals surface area (Å²) in [6, 6.07) is 7.01.